The van der Waals surface area contributed by atoms with Crippen LogP contribution < -0.4 is 5.32 Å². The third-order valence-corrected chi connectivity index (χ3v) is 5.02. The standard InChI is InChI=1S/C15H22N2S/c1-2-5-14-13(4-1)6-7-16-15(14)12-17-8-3-10-18-11-9-17/h1-2,4-5,15-16H,3,6-12H2. The molecule has 1 atom stereocenters. The van der Waals surface area contributed by atoms with E-state index in [1.807, 2.05) is 0 Å². The zero-order valence-electron chi connectivity index (χ0n) is 10.9. The lowest BCUT2D eigenvalue weighted by atomic mass is 9.94. The number of hydrogen-bond donors (Lipinski definition) is 1. The van der Waals surface area contributed by atoms with Crippen molar-refractivity contribution in [2.45, 2.75) is 18.9 Å². The molecule has 2 aliphatic rings. The van der Waals surface area contributed by atoms with Crippen LogP contribution in [0, 0.1) is 0 Å². The molecule has 0 aliphatic carbocycles. The third-order valence-electron chi connectivity index (χ3n) is 3.97. The van der Waals surface area contributed by atoms with Crippen molar-refractivity contribution in [1.82, 2.24) is 10.2 Å². The van der Waals surface area contributed by atoms with E-state index in [9.17, 15) is 0 Å². The summed E-state index contributed by atoms with van der Waals surface area (Å²) < 4.78 is 0. The van der Waals surface area contributed by atoms with Gasteiger partial charge in [0, 0.05) is 24.9 Å². The van der Waals surface area contributed by atoms with Crippen molar-refractivity contribution in [1.29, 1.82) is 0 Å². The van der Waals surface area contributed by atoms with Crippen molar-refractivity contribution in [2.75, 3.05) is 37.7 Å². The van der Waals surface area contributed by atoms with Crippen molar-refractivity contribution in [2.24, 2.45) is 0 Å². The van der Waals surface area contributed by atoms with Crippen LogP contribution in [0.15, 0.2) is 24.3 Å². The average molecular weight is 262 g/mol. The van der Waals surface area contributed by atoms with E-state index in [2.05, 4.69) is 46.2 Å². The monoisotopic (exact) mass is 262 g/mol. The molecule has 1 aromatic carbocycles. The van der Waals surface area contributed by atoms with Gasteiger partial charge in [0.25, 0.3) is 0 Å². The van der Waals surface area contributed by atoms with Crippen molar-refractivity contribution in [3.63, 3.8) is 0 Å². The van der Waals surface area contributed by atoms with E-state index in [4.69, 9.17) is 0 Å². The van der Waals surface area contributed by atoms with Crippen LogP contribution in [0.1, 0.15) is 23.6 Å². The van der Waals surface area contributed by atoms with Crippen LogP contribution in [0.2, 0.25) is 0 Å². The SMILES string of the molecule is c1ccc2c(c1)CCNC2CN1CCCSCC1. The van der Waals surface area contributed by atoms with Crippen molar-refractivity contribution < 1.29 is 0 Å². The molecule has 3 rings (SSSR count). The topological polar surface area (TPSA) is 15.3 Å². The number of nitrogens with zero attached hydrogens (tertiary/aromatic N) is 1. The van der Waals surface area contributed by atoms with E-state index in [1.54, 1.807) is 5.56 Å². The molecule has 1 N–H and O–H groups in total. The van der Waals surface area contributed by atoms with Gasteiger partial charge < -0.3 is 10.2 Å². The minimum atomic E-state index is 0.540. The first kappa shape index (κ1) is 12.5. The van der Waals surface area contributed by atoms with E-state index in [0.717, 1.165) is 6.54 Å². The molecule has 1 fully saturated rings. The molecule has 0 aromatic heterocycles. The van der Waals surface area contributed by atoms with E-state index in [1.165, 1.54) is 49.5 Å². The summed E-state index contributed by atoms with van der Waals surface area (Å²) in [5.41, 5.74) is 3.08. The summed E-state index contributed by atoms with van der Waals surface area (Å²) in [5, 5.41) is 3.69. The Balaban J connectivity index is 1.69. The molecular weight excluding hydrogens is 240 g/mol. The van der Waals surface area contributed by atoms with Crippen LogP contribution in [0.5, 0.6) is 0 Å². The fourth-order valence-corrected chi connectivity index (χ4v) is 3.92. The zero-order valence-corrected chi connectivity index (χ0v) is 11.7. The van der Waals surface area contributed by atoms with Crippen LogP contribution >= 0.6 is 11.8 Å². The molecule has 2 heterocycles. The first-order valence-electron chi connectivity index (χ1n) is 7.05. The molecule has 1 unspecified atom stereocenters. The van der Waals surface area contributed by atoms with Gasteiger partial charge >= 0.3 is 0 Å². The molecule has 18 heavy (non-hydrogen) atoms. The molecule has 3 heteroatoms. The van der Waals surface area contributed by atoms with Gasteiger partial charge in [0.15, 0.2) is 0 Å². The largest absolute Gasteiger partial charge is 0.309 e. The first-order chi connectivity index (χ1) is 8.93. The van der Waals surface area contributed by atoms with Gasteiger partial charge in [0.2, 0.25) is 0 Å². The fraction of sp³-hybridized carbons (Fsp3) is 0.600. The molecule has 0 spiro atoms. The molecule has 0 bridgehead atoms. The fourth-order valence-electron chi connectivity index (χ4n) is 2.99. The van der Waals surface area contributed by atoms with Gasteiger partial charge in [-0.1, -0.05) is 24.3 Å². The van der Waals surface area contributed by atoms with Crippen LogP contribution in [-0.2, 0) is 6.42 Å². The van der Waals surface area contributed by atoms with Crippen LogP contribution in [-0.4, -0.2) is 42.6 Å². The highest BCUT2D eigenvalue weighted by molar-refractivity contribution is 7.99. The zero-order chi connectivity index (χ0) is 12.2. The number of thioether (sulfide) groups is 1. The Morgan fingerprint density at radius 3 is 3.17 bits per heavy atom. The Hall–Kier alpha value is -0.510. The maximum absolute atomic E-state index is 3.69. The summed E-state index contributed by atoms with van der Waals surface area (Å²) >= 11 is 2.11. The summed E-state index contributed by atoms with van der Waals surface area (Å²) in [5.74, 6) is 2.64. The molecule has 2 nitrogen and oxygen atoms in total. The molecule has 0 amide bonds. The van der Waals surface area contributed by atoms with Crippen LogP contribution in [0.25, 0.3) is 0 Å². The maximum Gasteiger partial charge on any atom is 0.0452 e. The number of fused-ring (bicyclic) bond motifs is 1. The molecule has 1 saturated heterocycles. The van der Waals surface area contributed by atoms with E-state index in [0.29, 0.717) is 6.04 Å². The summed E-state index contributed by atoms with van der Waals surface area (Å²) in [6.45, 7) is 4.83. The lowest BCUT2D eigenvalue weighted by Crippen LogP contribution is -2.39. The molecule has 0 radical (unpaired) electrons. The maximum atomic E-state index is 3.69. The van der Waals surface area contributed by atoms with Gasteiger partial charge in [-0.3, -0.25) is 0 Å². The van der Waals surface area contributed by atoms with Gasteiger partial charge in [0.05, 0.1) is 0 Å². The molecule has 2 aliphatic heterocycles. The van der Waals surface area contributed by atoms with Gasteiger partial charge in [0.1, 0.15) is 0 Å². The van der Waals surface area contributed by atoms with Crippen LogP contribution in [0.4, 0.5) is 0 Å². The van der Waals surface area contributed by atoms with Gasteiger partial charge in [-0.2, -0.15) is 11.8 Å². The number of nitrogens with one attached hydrogen (secondary N) is 1. The average Bonchev–Trinajstić information content (AvgIpc) is 2.68. The summed E-state index contributed by atoms with van der Waals surface area (Å²) in [6.07, 6.45) is 2.53. The number of benzene rings is 1. The number of hydrogen-bond acceptors (Lipinski definition) is 3. The molecule has 98 valence electrons. The highest BCUT2D eigenvalue weighted by Gasteiger charge is 2.21. The predicted molar refractivity (Wildman–Crippen MR) is 79.3 cm³/mol. The van der Waals surface area contributed by atoms with Gasteiger partial charge in [-0.05, 0) is 42.8 Å². The van der Waals surface area contributed by atoms with E-state index < -0.39 is 0 Å². The molecule has 1 aromatic rings. The normalized spacial score (nSPS) is 25.4. The second kappa shape index (κ2) is 6.09. The highest BCUT2D eigenvalue weighted by atomic mass is 32.2. The lowest BCUT2D eigenvalue weighted by Gasteiger charge is -2.31. The second-order valence-corrected chi connectivity index (χ2v) is 6.45. The Labute approximate surface area is 114 Å². The Kier molecular flexibility index (Phi) is 4.24. The van der Waals surface area contributed by atoms with Gasteiger partial charge in [-0.15, -0.1) is 0 Å². The summed E-state index contributed by atoms with van der Waals surface area (Å²) in [4.78, 5) is 2.64. The summed E-state index contributed by atoms with van der Waals surface area (Å²) in [7, 11) is 0. The van der Waals surface area contributed by atoms with Crippen LogP contribution in [0.3, 0.4) is 0 Å². The quantitative estimate of drug-likeness (QED) is 0.880. The van der Waals surface area contributed by atoms with E-state index >= 15 is 0 Å². The highest BCUT2D eigenvalue weighted by Crippen LogP contribution is 2.24. The third kappa shape index (κ3) is 2.90. The lowest BCUT2D eigenvalue weighted by molar-refractivity contribution is 0.255. The van der Waals surface area contributed by atoms with Crippen molar-refractivity contribution in [3.8, 4) is 0 Å². The smallest absolute Gasteiger partial charge is 0.0452 e. The molecular formula is C15H22N2S. The second-order valence-electron chi connectivity index (χ2n) is 5.22. The number of rotatable bonds is 2. The van der Waals surface area contributed by atoms with Crippen molar-refractivity contribution in [3.05, 3.63) is 35.4 Å². The van der Waals surface area contributed by atoms with Crippen molar-refractivity contribution >= 4 is 11.8 Å². The predicted octanol–water partition coefficient (Wildman–Crippen LogP) is 2.31. The Morgan fingerprint density at radius 1 is 1.22 bits per heavy atom. The Bertz CT molecular complexity index is 386. The molecule has 0 saturated carbocycles. The Morgan fingerprint density at radius 2 is 2.17 bits per heavy atom. The minimum absolute atomic E-state index is 0.540. The van der Waals surface area contributed by atoms with Gasteiger partial charge in [-0.25, -0.2) is 0 Å². The van der Waals surface area contributed by atoms with E-state index in [-0.39, 0.29) is 0 Å². The summed E-state index contributed by atoms with van der Waals surface area (Å²) in [6, 6.07) is 9.49. The minimum Gasteiger partial charge on any atom is -0.309 e. The first-order valence-corrected chi connectivity index (χ1v) is 8.20.